The van der Waals surface area contributed by atoms with E-state index in [1.165, 1.54) is 6.26 Å². The fourth-order valence-corrected chi connectivity index (χ4v) is 1.22. The smallest absolute Gasteiger partial charge is 0.360 e. The first kappa shape index (κ1) is 10.4. The Kier molecular flexibility index (Phi) is 2.72. The fourth-order valence-electron chi connectivity index (χ4n) is 1.22. The molecule has 16 heavy (non-hydrogen) atoms. The van der Waals surface area contributed by atoms with Gasteiger partial charge in [-0.2, -0.15) is 0 Å². The maximum atomic E-state index is 11.5. The van der Waals surface area contributed by atoms with Crippen molar-refractivity contribution in [2.45, 2.75) is 13.8 Å². The zero-order chi connectivity index (χ0) is 11.5. The second kappa shape index (κ2) is 4.18. The molecule has 0 amide bonds. The van der Waals surface area contributed by atoms with Crippen LogP contribution in [0.25, 0.3) is 11.6 Å². The summed E-state index contributed by atoms with van der Waals surface area (Å²) in [5.74, 6) is 0.143. The topological polar surface area (TPSA) is 78.4 Å². The highest BCUT2D eigenvalue weighted by Crippen LogP contribution is 2.20. The first-order chi connectivity index (χ1) is 7.72. The lowest BCUT2D eigenvalue weighted by Crippen LogP contribution is -2.06. The van der Waals surface area contributed by atoms with E-state index in [4.69, 9.17) is 9.15 Å². The molecular formula is C10H10N2O4. The average molecular weight is 222 g/mol. The Morgan fingerprint density at radius 1 is 1.56 bits per heavy atom. The van der Waals surface area contributed by atoms with Gasteiger partial charge in [-0.1, -0.05) is 5.16 Å². The van der Waals surface area contributed by atoms with Crippen LogP contribution >= 0.6 is 0 Å². The van der Waals surface area contributed by atoms with Crippen molar-refractivity contribution in [3.8, 4) is 11.6 Å². The van der Waals surface area contributed by atoms with E-state index in [-0.39, 0.29) is 11.6 Å². The molecule has 84 valence electrons. The van der Waals surface area contributed by atoms with Gasteiger partial charge >= 0.3 is 5.97 Å². The summed E-state index contributed by atoms with van der Waals surface area (Å²) in [5, 5.41) is 3.66. The second-order valence-corrected chi connectivity index (χ2v) is 3.03. The van der Waals surface area contributed by atoms with Crippen LogP contribution in [-0.4, -0.2) is 22.7 Å². The number of hydrogen-bond acceptors (Lipinski definition) is 6. The number of aromatic nitrogens is 2. The lowest BCUT2D eigenvalue weighted by Gasteiger charge is -1.96. The molecule has 0 radical (unpaired) electrons. The molecule has 0 aromatic carbocycles. The van der Waals surface area contributed by atoms with Crippen LogP contribution < -0.4 is 0 Å². The van der Waals surface area contributed by atoms with Gasteiger partial charge in [-0.05, 0) is 13.8 Å². The van der Waals surface area contributed by atoms with E-state index < -0.39 is 5.97 Å². The molecule has 0 atom stereocenters. The van der Waals surface area contributed by atoms with Crippen LogP contribution in [0, 0.1) is 6.92 Å². The molecular weight excluding hydrogens is 212 g/mol. The summed E-state index contributed by atoms with van der Waals surface area (Å²) in [7, 11) is 0. The van der Waals surface area contributed by atoms with Gasteiger partial charge in [0.25, 0.3) is 0 Å². The first-order valence-corrected chi connectivity index (χ1v) is 4.77. The third kappa shape index (κ3) is 1.81. The minimum absolute atomic E-state index is 0.167. The number of hydrogen-bond donors (Lipinski definition) is 0. The Morgan fingerprint density at radius 2 is 2.38 bits per heavy atom. The van der Waals surface area contributed by atoms with E-state index in [1.54, 1.807) is 19.9 Å². The molecule has 0 saturated heterocycles. The maximum absolute atomic E-state index is 11.5. The Morgan fingerprint density at radius 3 is 3.00 bits per heavy atom. The van der Waals surface area contributed by atoms with Crippen molar-refractivity contribution in [2.24, 2.45) is 0 Å². The molecule has 0 aliphatic heterocycles. The molecule has 6 heteroatoms. The van der Waals surface area contributed by atoms with Gasteiger partial charge in [0.15, 0.2) is 11.4 Å². The largest absolute Gasteiger partial charge is 0.461 e. The summed E-state index contributed by atoms with van der Waals surface area (Å²) in [6.45, 7) is 3.67. The third-order valence-corrected chi connectivity index (χ3v) is 1.92. The summed E-state index contributed by atoms with van der Waals surface area (Å²) >= 11 is 0. The minimum atomic E-state index is -0.501. The second-order valence-electron chi connectivity index (χ2n) is 3.03. The normalized spacial score (nSPS) is 10.4. The molecule has 0 aliphatic carbocycles. The van der Waals surface area contributed by atoms with E-state index >= 15 is 0 Å². The van der Waals surface area contributed by atoms with E-state index in [9.17, 15) is 4.79 Å². The average Bonchev–Trinajstić information content (AvgIpc) is 2.86. The van der Waals surface area contributed by atoms with Crippen molar-refractivity contribution in [3.63, 3.8) is 0 Å². The van der Waals surface area contributed by atoms with Crippen molar-refractivity contribution in [3.05, 3.63) is 23.8 Å². The summed E-state index contributed by atoms with van der Waals surface area (Å²) in [6, 6.07) is 1.60. The standard InChI is InChI=1S/C10H10N2O4/c1-3-14-10(13)8-6(2)16-9(11-8)7-4-5-15-12-7/h4-5H,3H2,1-2H3. The van der Waals surface area contributed by atoms with Gasteiger partial charge in [0.2, 0.25) is 5.89 Å². The number of aryl methyl sites for hydroxylation is 1. The predicted molar refractivity (Wildman–Crippen MR) is 52.7 cm³/mol. The molecule has 2 rings (SSSR count). The van der Waals surface area contributed by atoms with Crippen LogP contribution in [-0.2, 0) is 4.74 Å². The number of carbonyl (C=O) groups excluding carboxylic acids is 1. The lowest BCUT2D eigenvalue weighted by molar-refractivity contribution is 0.0518. The van der Waals surface area contributed by atoms with E-state index in [1.807, 2.05) is 0 Å². The Hall–Kier alpha value is -2.11. The summed E-state index contributed by atoms with van der Waals surface area (Å²) in [4.78, 5) is 15.5. The molecule has 0 fully saturated rings. The molecule has 0 N–H and O–H groups in total. The van der Waals surface area contributed by atoms with Gasteiger partial charge in [0, 0.05) is 6.07 Å². The van der Waals surface area contributed by atoms with Crippen molar-refractivity contribution in [2.75, 3.05) is 6.61 Å². The number of oxazole rings is 1. The highest BCUT2D eigenvalue weighted by atomic mass is 16.5. The SMILES string of the molecule is CCOC(=O)c1nc(-c2ccon2)oc1C. The zero-order valence-electron chi connectivity index (χ0n) is 8.89. The number of ether oxygens (including phenoxy) is 1. The molecule has 0 bridgehead atoms. The van der Waals surface area contributed by atoms with Crippen LogP contribution in [0.5, 0.6) is 0 Å². The summed E-state index contributed by atoms with van der Waals surface area (Å²) in [5.41, 5.74) is 0.610. The van der Waals surface area contributed by atoms with Crippen LogP contribution in [0.3, 0.4) is 0 Å². The third-order valence-electron chi connectivity index (χ3n) is 1.92. The van der Waals surface area contributed by atoms with Crippen molar-refractivity contribution in [1.82, 2.24) is 10.1 Å². The quantitative estimate of drug-likeness (QED) is 0.737. The van der Waals surface area contributed by atoms with Crippen molar-refractivity contribution >= 4 is 5.97 Å². The van der Waals surface area contributed by atoms with Gasteiger partial charge in [-0.25, -0.2) is 9.78 Å². The molecule has 2 aromatic heterocycles. The molecule has 6 nitrogen and oxygen atoms in total. The fraction of sp³-hybridized carbons (Fsp3) is 0.300. The number of nitrogens with zero attached hydrogens (tertiary/aromatic N) is 2. The monoisotopic (exact) mass is 222 g/mol. The van der Waals surface area contributed by atoms with Crippen molar-refractivity contribution in [1.29, 1.82) is 0 Å². The molecule has 0 aliphatic rings. The predicted octanol–water partition coefficient (Wildman–Crippen LogP) is 1.81. The van der Waals surface area contributed by atoms with Gasteiger partial charge in [0.1, 0.15) is 12.0 Å². The van der Waals surface area contributed by atoms with Crippen molar-refractivity contribution < 1.29 is 18.5 Å². The van der Waals surface area contributed by atoms with Crippen LogP contribution in [0.15, 0.2) is 21.3 Å². The van der Waals surface area contributed by atoms with Gasteiger partial charge in [-0.3, -0.25) is 0 Å². The van der Waals surface area contributed by atoms with E-state index in [0.29, 0.717) is 18.1 Å². The molecule has 2 aromatic rings. The van der Waals surface area contributed by atoms with E-state index in [0.717, 1.165) is 0 Å². The van der Waals surface area contributed by atoms with Gasteiger partial charge < -0.3 is 13.7 Å². The highest BCUT2D eigenvalue weighted by molar-refractivity contribution is 5.88. The molecule has 0 spiro atoms. The number of rotatable bonds is 3. The molecule has 2 heterocycles. The first-order valence-electron chi connectivity index (χ1n) is 4.77. The van der Waals surface area contributed by atoms with Crippen LogP contribution in [0.2, 0.25) is 0 Å². The number of esters is 1. The Balaban J connectivity index is 2.32. The van der Waals surface area contributed by atoms with E-state index in [2.05, 4.69) is 14.7 Å². The minimum Gasteiger partial charge on any atom is -0.461 e. The maximum Gasteiger partial charge on any atom is 0.360 e. The summed E-state index contributed by atoms with van der Waals surface area (Å²) < 4.78 is 14.8. The Labute approximate surface area is 91.2 Å². The lowest BCUT2D eigenvalue weighted by atomic mass is 10.4. The zero-order valence-corrected chi connectivity index (χ0v) is 8.89. The van der Waals surface area contributed by atoms with Crippen LogP contribution in [0.4, 0.5) is 0 Å². The van der Waals surface area contributed by atoms with Gasteiger partial charge in [0.05, 0.1) is 6.61 Å². The molecule has 0 unspecified atom stereocenters. The molecule has 0 saturated carbocycles. The summed E-state index contributed by atoms with van der Waals surface area (Å²) in [6.07, 6.45) is 1.40. The van der Waals surface area contributed by atoms with Crippen LogP contribution in [0.1, 0.15) is 23.2 Å². The number of carbonyl (C=O) groups is 1. The Bertz CT molecular complexity index is 487. The van der Waals surface area contributed by atoms with Gasteiger partial charge in [-0.15, -0.1) is 0 Å². The highest BCUT2D eigenvalue weighted by Gasteiger charge is 2.20.